The third kappa shape index (κ3) is 3.60. The maximum atomic E-state index is 6.29. The molecule has 0 saturated heterocycles. The molecule has 0 aliphatic carbocycles. The van der Waals surface area contributed by atoms with Crippen LogP contribution >= 0.6 is 27.5 Å². The van der Waals surface area contributed by atoms with Crippen LogP contribution < -0.4 is 5.73 Å². The maximum Gasteiger partial charge on any atom is 0.117 e. The number of nitrogens with two attached hydrogens (primary N) is 1. The fourth-order valence-electron chi connectivity index (χ4n) is 2.07. The Bertz CT molecular complexity index is 530. The van der Waals surface area contributed by atoms with Crippen molar-refractivity contribution in [2.24, 2.45) is 5.73 Å². The Morgan fingerprint density at radius 2 is 2.21 bits per heavy atom. The second-order valence-electron chi connectivity index (χ2n) is 4.41. The lowest BCUT2D eigenvalue weighted by molar-refractivity contribution is 0.223. The predicted molar refractivity (Wildman–Crippen MR) is 81.1 cm³/mol. The largest absolute Gasteiger partial charge is 0.468 e. The van der Waals surface area contributed by atoms with Crippen LogP contribution in [0.5, 0.6) is 0 Å². The first-order valence-corrected chi connectivity index (χ1v) is 7.16. The standard InChI is InChI=1S/C14H16BrClN2O/c1-18(9-11-3-2-6-19-11)14(8-17)12-5-4-10(15)7-13(12)16/h2-7,14H,8-9,17H2,1H3. The van der Waals surface area contributed by atoms with Gasteiger partial charge in [-0.05, 0) is 36.9 Å². The molecule has 5 heteroatoms. The lowest BCUT2D eigenvalue weighted by atomic mass is 10.1. The Morgan fingerprint density at radius 1 is 1.42 bits per heavy atom. The molecular formula is C14H16BrClN2O. The molecule has 0 aliphatic rings. The minimum atomic E-state index is 0.0608. The van der Waals surface area contributed by atoms with Gasteiger partial charge in [-0.3, -0.25) is 4.90 Å². The molecule has 1 heterocycles. The molecule has 2 aromatic rings. The van der Waals surface area contributed by atoms with Crippen molar-refractivity contribution in [3.05, 3.63) is 57.4 Å². The minimum absolute atomic E-state index is 0.0608. The van der Waals surface area contributed by atoms with Gasteiger partial charge in [0, 0.05) is 22.1 Å². The number of halogens is 2. The van der Waals surface area contributed by atoms with Crippen LogP contribution in [0.4, 0.5) is 0 Å². The number of nitrogens with zero attached hydrogens (tertiary/aromatic N) is 1. The van der Waals surface area contributed by atoms with E-state index in [4.69, 9.17) is 21.8 Å². The molecule has 1 aromatic heterocycles. The van der Waals surface area contributed by atoms with Crippen molar-refractivity contribution < 1.29 is 4.42 Å². The van der Waals surface area contributed by atoms with Crippen LogP contribution in [0.3, 0.4) is 0 Å². The molecule has 102 valence electrons. The van der Waals surface area contributed by atoms with Gasteiger partial charge in [-0.2, -0.15) is 0 Å². The average molecular weight is 344 g/mol. The molecule has 2 N–H and O–H groups in total. The van der Waals surface area contributed by atoms with Gasteiger partial charge in [-0.15, -0.1) is 0 Å². The molecule has 0 spiro atoms. The summed E-state index contributed by atoms with van der Waals surface area (Å²) in [5, 5.41) is 0.719. The zero-order valence-corrected chi connectivity index (χ0v) is 13.0. The van der Waals surface area contributed by atoms with Crippen molar-refractivity contribution in [2.75, 3.05) is 13.6 Å². The van der Waals surface area contributed by atoms with Gasteiger partial charge in [0.05, 0.1) is 12.8 Å². The van der Waals surface area contributed by atoms with E-state index in [2.05, 4.69) is 20.8 Å². The summed E-state index contributed by atoms with van der Waals surface area (Å²) in [5.41, 5.74) is 6.93. The minimum Gasteiger partial charge on any atom is -0.468 e. The van der Waals surface area contributed by atoms with Gasteiger partial charge < -0.3 is 10.2 Å². The lowest BCUT2D eigenvalue weighted by Gasteiger charge is -2.27. The third-order valence-electron chi connectivity index (χ3n) is 3.06. The Kier molecular flexibility index (Phi) is 5.05. The second-order valence-corrected chi connectivity index (χ2v) is 5.73. The fourth-order valence-corrected chi connectivity index (χ4v) is 2.87. The van der Waals surface area contributed by atoms with E-state index in [-0.39, 0.29) is 6.04 Å². The number of rotatable bonds is 5. The molecule has 1 atom stereocenters. The number of likely N-dealkylation sites (N-methyl/N-ethyl adjacent to an activating group) is 1. The molecule has 0 bridgehead atoms. The van der Waals surface area contributed by atoms with Crippen molar-refractivity contribution in [3.8, 4) is 0 Å². The zero-order valence-electron chi connectivity index (χ0n) is 10.6. The fraction of sp³-hybridized carbons (Fsp3) is 0.286. The Morgan fingerprint density at radius 3 is 2.79 bits per heavy atom. The summed E-state index contributed by atoms with van der Waals surface area (Å²) in [5.74, 6) is 0.911. The molecule has 0 aliphatic heterocycles. The highest BCUT2D eigenvalue weighted by Gasteiger charge is 2.19. The van der Waals surface area contributed by atoms with Crippen LogP contribution in [0.25, 0.3) is 0 Å². The van der Waals surface area contributed by atoms with Crippen molar-refractivity contribution in [1.29, 1.82) is 0 Å². The van der Waals surface area contributed by atoms with Gasteiger partial charge >= 0.3 is 0 Å². The monoisotopic (exact) mass is 342 g/mol. The Hall–Kier alpha value is -0.810. The number of furan rings is 1. The highest BCUT2D eigenvalue weighted by atomic mass is 79.9. The summed E-state index contributed by atoms with van der Waals surface area (Å²) >= 11 is 9.70. The molecule has 1 unspecified atom stereocenters. The van der Waals surface area contributed by atoms with Crippen LogP contribution in [0.15, 0.2) is 45.5 Å². The number of hydrogen-bond acceptors (Lipinski definition) is 3. The average Bonchev–Trinajstić information content (AvgIpc) is 2.85. The SMILES string of the molecule is CN(Cc1ccco1)C(CN)c1ccc(Br)cc1Cl. The first kappa shape index (κ1) is 14.6. The first-order chi connectivity index (χ1) is 9.11. The van der Waals surface area contributed by atoms with E-state index in [1.54, 1.807) is 6.26 Å². The van der Waals surface area contributed by atoms with Crippen molar-refractivity contribution in [2.45, 2.75) is 12.6 Å². The van der Waals surface area contributed by atoms with Gasteiger partial charge in [0.15, 0.2) is 0 Å². The van der Waals surface area contributed by atoms with Crippen LogP contribution in [-0.4, -0.2) is 18.5 Å². The van der Waals surface area contributed by atoms with E-state index in [1.165, 1.54) is 0 Å². The highest BCUT2D eigenvalue weighted by molar-refractivity contribution is 9.10. The molecular weight excluding hydrogens is 328 g/mol. The predicted octanol–water partition coefficient (Wildman–Crippen LogP) is 3.83. The van der Waals surface area contributed by atoms with Crippen molar-refractivity contribution in [3.63, 3.8) is 0 Å². The Labute approximate surface area is 126 Å². The van der Waals surface area contributed by atoms with E-state index in [1.807, 2.05) is 37.4 Å². The molecule has 0 saturated carbocycles. The third-order valence-corrected chi connectivity index (χ3v) is 3.88. The van der Waals surface area contributed by atoms with Crippen molar-refractivity contribution >= 4 is 27.5 Å². The van der Waals surface area contributed by atoms with Crippen LogP contribution in [0.2, 0.25) is 5.02 Å². The van der Waals surface area contributed by atoms with Crippen LogP contribution in [0, 0.1) is 0 Å². The summed E-state index contributed by atoms with van der Waals surface area (Å²) in [6.07, 6.45) is 1.67. The summed E-state index contributed by atoms with van der Waals surface area (Å²) in [7, 11) is 2.01. The molecule has 2 rings (SSSR count). The summed E-state index contributed by atoms with van der Waals surface area (Å²) in [6, 6.07) is 9.76. The maximum absolute atomic E-state index is 6.29. The van der Waals surface area contributed by atoms with E-state index in [0.717, 1.165) is 20.8 Å². The van der Waals surface area contributed by atoms with Crippen molar-refractivity contribution in [1.82, 2.24) is 4.90 Å². The highest BCUT2D eigenvalue weighted by Crippen LogP contribution is 2.29. The van der Waals surface area contributed by atoms with Gasteiger partial charge in [-0.1, -0.05) is 33.6 Å². The van der Waals surface area contributed by atoms with E-state index >= 15 is 0 Å². The molecule has 3 nitrogen and oxygen atoms in total. The molecule has 0 amide bonds. The summed E-state index contributed by atoms with van der Waals surface area (Å²) in [4.78, 5) is 2.13. The second kappa shape index (κ2) is 6.57. The lowest BCUT2D eigenvalue weighted by Crippen LogP contribution is -2.30. The summed E-state index contributed by atoms with van der Waals surface area (Å²) in [6.45, 7) is 1.19. The molecule has 19 heavy (non-hydrogen) atoms. The summed E-state index contributed by atoms with van der Waals surface area (Å²) < 4.78 is 6.32. The first-order valence-electron chi connectivity index (χ1n) is 5.99. The van der Waals surface area contributed by atoms with E-state index in [0.29, 0.717) is 13.1 Å². The molecule has 0 fully saturated rings. The van der Waals surface area contributed by atoms with E-state index < -0.39 is 0 Å². The van der Waals surface area contributed by atoms with Gasteiger partial charge in [0.1, 0.15) is 5.76 Å². The molecule has 0 radical (unpaired) electrons. The normalized spacial score (nSPS) is 12.9. The smallest absolute Gasteiger partial charge is 0.117 e. The number of hydrogen-bond donors (Lipinski definition) is 1. The topological polar surface area (TPSA) is 42.4 Å². The van der Waals surface area contributed by atoms with Crippen LogP contribution in [0.1, 0.15) is 17.4 Å². The van der Waals surface area contributed by atoms with Gasteiger partial charge in [-0.25, -0.2) is 0 Å². The van der Waals surface area contributed by atoms with Crippen LogP contribution in [-0.2, 0) is 6.54 Å². The van der Waals surface area contributed by atoms with Gasteiger partial charge in [0.25, 0.3) is 0 Å². The molecule has 1 aromatic carbocycles. The van der Waals surface area contributed by atoms with E-state index in [9.17, 15) is 0 Å². The van der Waals surface area contributed by atoms with Gasteiger partial charge in [0.2, 0.25) is 0 Å². The Balaban J connectivity index is 2.18. The zero-order chi connectivity index (χ0) is 13.8. The number of benzene rings is 1. The quantitative estimate of drug-likeness (QED) is 0.897.